The average molecular weight is 577 g/mol. The van der Waals surface area contributed by atoms with Crippen LogP contribution in [-0.2, 0) is 14.3 Å². The average Bonchev–Trinajstić information content (AvgIpc) is 3.29. The third-order valence-electron chi connectivity index (χ3n) is 6.46. The van der Waals surface area contributed by atoms with Crippen LogP contribution in [-0.4, -0.2) is 43.9 Å². The van der Waals surface area contributed by atoms with E-state index in [4.69, 9.17) is 18.9 Å². The number of carbonyl (C=O) groups excluding carboxylic acids is 2. The molecule has 9 nitrogen and oxygen atoms in total. The molecule has 0 bridgehead atoms. The van der Waals surface area contributed by atoms with Gasteiger partial charge in [0, 0.05) is 0 Å². The summed E-state index contributed by atoms with van der Waals surface area (Å²) in [5, 5.41) is 0. The van der Waals surface area contributed by atoms with Gasteiger partial charge in [0.1, 0.15) is 6.61 Å². The number of hydrogen-bond acceptors (Lipinski definition) is 9. The van der Waals surface area contributed by atoms with Gasteiger partial charge in [-0.15, -0.1) is 0 Å². The minimum Gasteiger partial charge on any atom is -0.493 e. The molecule has 1 aliphatic rings. The summed E-state index contributed by atoms with van der Waals surface area (Å²) < 4.78 is 23.4. The quantitative estimate of drug-likeness (QED) is 0.193. The maximum Gasteiger partial charge on any atom is 0.338 e. The van der Waals surface area contributed by atoms with Gasteiger partial charge in [0.2, 0.25) is 0 Å². The number of ether oxygens (including phenoxy) is 4. The molecule has 0 spiro atoms. The van der Waals surface area contributed by atoms with Crippen LogP contribution < -0.4 is 24.4 Å². The van der Waals surface area contributed by atoms with E-state index in [1.165, 1.54) is 29.1 Å². The number of rotatable bonds is 11. The zero-order chi connectivity index (χ0) is 29.5. The predicted octanol–water partition coefficient (Wildman–Crippen LogP) is 3.94. The molecule has 0 N–H and O–H groups in total. The molecule has 0 saturated carbocycles. The molecule has 1 atom stereocenters. The fraction of sp³-hybridized carbons (Fsp3) is 0.290. The first kappa shape index (κ1) is 29.5. The van der Waals surface area contributed by atoms with Gasteiger partial charge >= 0.3 is 11.9 Å². The molecule has 1 aromatic heterocycles. The Balaban J connectivity index is 1.83. The van der Waals surface area contributed by atoms with E-state index in [9.17, 15) is 14.4 Å². The maximum atomic E-state index is 13.9. The van der Waals surface area contributed by atoms with Crippen molar-refractivity contribution in [1.29, 1.82) is 0 Å². The zero-order valence-electron chi connectivity index (χ0n) is 23.5. The van der Waals surface area contributed by atoms with E-state index < -0.39 is 18.0 Å². The largest absolute Gasteiger partial charge is 0.493 e. The summed E-state index contributed by atoms with van der Waals surface area (Å²) in [5.41, 5.74) is 2.04. The van der Waals surface area contributed by atoms with Crippen LogP contribution in [0.5, 0.6) is 11.5 Å². The number of nitrogens with zero attached hydrogens (tertiary/aromatic N) is 2. The van der Waals surface area contributed by atoms with E-state index in [0.717, 1.165) is 18.4 Å². The molecule has 0 radical (unpaired) electrons. The Morgan fingerprint density at radius 1 is 1.10 bits per heavy atom. The summed E-state index contributed by atoms with van der Waals surface area (Å²) in [4.78, 5) is 44.1. The third-order valence-corrected chi connectivity index (χ3v) is 7.45. The number of methoxy groups -OCH3 is 2. The number of aromatic nitrogens is 1. The van der Waals surface area contributed by atoms with Crippen molar-refractivity contribution in [1.82, 2.24) is 4.57 Å². The molecule has 4 rings (SSSR count). The lowest BCUT2D eigenvalue weighted by molar-refractivity contribution is -0.138. The van der Waals surface area contributed by atoms with Crippen LogP contribution in [0, 0.1) is 0 Å². The van der Waals surface area contributed by atoms with E-state index in [1.54, 1.807) is 44.4 Å². The second kappa shape index (κ2) is 13.3. The molecule has 0 amide bonds. The van der Waals surface area contributed by atoms with Gasteiger partial charge in [-0.1, -0.05) is 55.5 Å². The SMILES string of the molecule is C=CCOC(=O)C1=C(C)N=c2sc(=Cc3ccc(OCCCC)c(OC)c3)c(=O)n2C1c1ccc(C(=O)OC)cc1. The van der Waals surface area contributed by atoms with Crippen molar-refractivity contribution in [2.75, 3.05) is 27.4 Å². The molecule has 10 heteroatoms. The third kappa shape index (κ3) is 6.33. The number of thiazole rings is 1. The van der Waals surface area contributed by atoms with Gasteiger partial charge in [0.25, 0.3) is 5.56 Å². The zero-order valence-corrected chi connectivity index (χ0v) is 24.3. The van der Waals surface area contributed by atoms with Gasteiger partial charge < -0.3 is 18.9 Å². The van der Waals surface area contributed by atoms with Crippen LogP contribution in [0.2, 0.25) is 0 Å². The van der Waals surface area contributed by atoms with Crippen molar-refractivity contribution < 1.29 is 28.5 Å². The highest BCUT2D eigenvalue weighted by Crippen LogP contribution is 2.31. The number of allylic oxidation sites excluding steroid dienone is 1. The standard InChI is InChI=1S/C31H32N2O7S/c1-6-8-16-39-23-14-9-20(17-24(23)37-4)18-25-28(34)33-27(21-10-12-22(13-11-21)29(35)38-5)26(30(36)40-15-7-2)19(3)32-31(33)41-25/h7,9-14,17-18,27H,2,6,8,15-16H2,1,3-5H3. The highest BCUT2D eigenvalue weighted by atomic mass is 32.1. The summed E-state index contributed by atoms with van der Waals surface area (Å²) in [6.07, 6.45) is 5.18. The number of carbonyl (C=O) groups is 2. The van der Waals surface area contributed by atoms with Gasteiger partial charge in [-0.3, -0.25) is 9.36 Å². The molecule has 2 aromatic carbocycles. The van der Waals surface area contributed by atoms with Gasteiger partial charge in [0.05, 0.1) is 48.2 Å². The number of fused-ring (bicyclic) bond motifs is 1. The summed E-state index contributed by atoms with van der Waals surface area (Å²) in [5.74, 6) is 0.100. The molecular weight excluding hydrogens is 544 g/mol. The highest BCUT2D eigenvalue weighted by molar-refractivity contribution is 7.07. The first-order valence-electron chi connectivity index (χ1n) is 13.1. The molecule has 3 aromatic rings. The molecule has 41 heavy (non-hydrogen) atoms. The normalized spacial score (nSPS) is 14.6. The monoisotopic (exact) mass is 576 g/mol. The molecular formula is C31H32N2O7S. The molecule has 0 saturated heterocycles. The first-order valence-corrected chi connectivity index (χ1v) is 13.9. The van der Waals surface area contributed by atoms with Crippen molar-refractivity contribution in [3.8, 4) is 11.5 Å². The predicted molar refractivity (Wildman–Crippen MR) is 156 cm³/mol. The summed E-state index contributed by atoms with van der Waals surface area (Å²) >= 11 is 1.22. The fourth-order valence-corrected chi connectivity index (χ4v) is 5.45. The lowest BCUT2D eigenvalue weighted by Crippen LogP contribution is -2.40. The van der Waals surface area contributed by atoms with Crippen molar-refractivity contribution in [2.45, 2.75) is 32.7 Å². The van der Waals surface area contributed by atoms with E-state index in [1.807, 2.05) is 18.2 Å². The smallest absolute Gasteiger partial charge is 0.338 e. The van der Waals surface area contributed by atoms with Crippen LogP contribution in [0.1, 0.15) is 54.2 Å². The van der Waals surface area contributed by atoms with Crippen LogP contribution in [0.25, 0.3) is 6.08 Å². The van der Waals surface area contributed by atoms with Gasteiger partial charge in [-0.2, -0.15) is 0 Å². The van der Waals surface area contributed by atoms with Crippen LogP contribution >= 0.6 is 11.3 Å². The maximum absolute atomic E-state index is 13.9. The van der Waals surface area contributed by atoms with Gasteiger partial charge in [0.15, 0.2) is 16.3 Å². The van der Waals surface area contributed by atoms with E-state index in [-0.39, 0.29) is 17.7 Å². The van der Waals surface area contributed by atoms with Crippen LogP contribution in [0.15, 0.2) is 76.2 Å². The Morgan fingerprint density at radius 2 is 1.85 bits per heavy atom. The Kier molecular flexibility index (Phi) is 9.57. The lowest BCUT2D eigenvalue weighted by atomic mass is 9.95. The second-order valence-corrected chi connectivity index (χ2v) is 10.2. The van der Waals surface area contributed by atoms with Crippen molar-refractivity contribution in [3.05, 3.63) is 103 Å². The second-order valence-electron chi connectivity index (χ2n) is 9.19. The summed E-state index contributed by atoms with van der Waals surface area (Å²) in [6.45, 7) is 8.00. The minimum absolute atomic E-state index is 0.00796. The first-order chi connectivity index (χ1) is 19.8. The highest BCUT2D eigenvalue weighted by Gasteiger charge is 2.33. The van der Waals surface area contributed by atoms with E-state index in [0.29, 0.717) is 44.3 Å². The minimum atomic E-state index is -0.818. The van der Waals surface area contributed by atoms with Crippen LogP contribution in [0.4, 0.5) is 0 Å². The Labute approximate surface area is 241 Å². The lowest BCUT2D eigenvalue weighted by Gasteiger charge is -2.24. The van der Waals surface area contributed by atoms with Crippen molar-refractivity contribution in [2.24, 2.45) is 4.99 Å². The van der Waals surface area contributed by atoms with Crippen LogP contribution in [0.3, 0.4) is 0 Å². The molecule has 0 aliphatic carbocycles. The molecule has 1 aliphatic heterocycles. The summed E-state index contributed by atoms with van der Waals surface area (Å²) in [6, 6.07) is 11.2. The van der Waals surface area contributed by atoms with E-state index >= 15 is 0 Å². The Bertz CT molecular complexity index is 1670. The number of esters is 2. The fourth-order valence-electron chi connectivity index (χ4n) is 4.40. The molecule has 2 heterocycles. The van der Waals surface area contributed by atoms with Gasteiger partial charge in [-0.25, -0.2) is 14.6 Å². The number of benzene rings is 2. The van der Waals surface area contributed by atoms with Crippen molar-refractivity contribution in [3.63, 3.8) is 0 Å². The molecule has 1 unspecified atom stereocenters. The number of unbranched alkanes of at least 4 members (excludes halogenated alkanes) is 1. The molecule has 0 fully saturated rings. The van der Waals surface area contributed by atoms with Gasteiger partial charge in [-0.05, 0) is 54.8 Å². The van der Waals surface area contributed by atoms with Crippen molar-refractivity contribution >= 4 is 29.4 Å². The Hall–Kier alpha value is -4.44. The van der Waals surface area contributed by atoms with E-state index in [2.05, 4.69) is 18.5 Å². The summed E-state index contributed by atoms with van der Waals surface area (Å²) in [7, 11) is 2.87. The Morgan fingerprint density at radius 3 is 2.51 bits per heavy atom. The number of hydrogen-bond donors (Lipinski definition) is 0. The molecule has 214 valence electrons. The topological polar surface area (TPSA) is 105 Å².